The van der Waals surface area contributed by atoms with Crippen LogP contribution in [0.4, 0.5) is 4.79 Å². The summed E-state index contributed by atoms with van der Waals surface area (Å²) in [5.74, 6) is 0.467. The molecule has 1 unspecified atom stereocenters. The molecule has 28 heavy (non-hydrogen) atoms. The number of hydrogen-bond acceptors (Lipinski definition) is 5. The third-order valence-electron chi connectivity index (χ3n) is 5.28. The topological polar surface area (TPSA) is 66.9 Å². The summed E-state index contributed by atoms with van der Waals surface area (Å²) in [6, 6.07) is 0. The van der Waals surface area contributed by atoms with Crippen LogP contribution in [-0.2, 0) is 14.1 Å². The highest BCUT2D eigenvalue weighted by Gasteiger charge is 2.42. The summed E-state index contributed by atoms with van der Waals surface area (Å²) >= 11 is 1.23. The largest absolute Gasteiger partial charge is 0.449 e. The van der Waals surface area contributed by atoms with E-state index in [1.54, 1.807) is 7.05 Å². The van der Waals surface area contributed by atoms with Gasteiger partial charge in [0, 0.05) is 25.8 Å². The van der Waals surface area contributed by atoms with Crippen LogP contribution in [0, 0.1) is 5.92 Å². The van der Waals surface area contributed by atoms with Gasteiger partial charge in [-0.15, -0.1) is 0 Å². The van der Waals surface area contributed by atoms with Crippen LogP contribution in [-0.4, -0.2) is 47.8 Å². The zero-order valence-electron chi connectivity index (χ0n) is 18.2. The maximum absolute atomic E-state index is 13.9. The van der Waals surface area contributed by atoms with Gasteiger partial charge in [0.05, 0.1) is 6.61 Å². The number of ether oxygens (including phenoxy) is 1. The highest BCUT2D eigenvalue weighted by molar-refractivity contribution is 8.56. The van der Waals surface area contributed by atoms with E-state index in [9.17, 15) is 14.2 Å². The number of unbranched alkanes of at least 4 members (excludes halogenated alkanes) is 4. The highest BCUT2D eigenvalue weighted by Crippen LogP contribution is 2.64. The monoisotopic (exact) mass is 434 g/mol. The molecule has 1 rings (SSSR count). The van der Waals surface area contributed by atoms with Crippen molar-refractivity contribution in [2.24, 2.45) is 5.92 Å². The van der Waals surface area contributed by atoms with Gasteiger partial charge in [0.1, 0.15) is 0 Å². The molecule has 0 heterocycles. The minimum Gasteiger partial charge on any atom is -0.449 e. The van der Waals surface area contributed by atoms with Gasteiger partial charge >= 0.3 is 12.7 Å². The van der Waals surface area contributed by atoms with Gasteiger partial charge in [-0.3, -0.25) is 14.0 Å². The van der Waals surface area contributed by atoms with Crippen molar-refractivity contribution in [2.75, 3.05) is 26.5 Å². The molecule has 1 aliphatic rings. The Morgan fingerprint density at radius 1 is 0.964 bits per heavy atom. The van der Waals surface area contributed by atoms with E-state index < -0.39 is 12.7 Å². The number of rotatable bonds is 12. The van der Waals surface area contributed by atoms with Crippen LogP contribution in [0.1, 0.15) is 84.5 Å². The van der Waals surface area contributed by atoms with Crippen LogP contribution in [0.2, 0.25) is 0 Å². The Kier molecular flexibility index (Phi) is 12.2. The average molecular weight is 435 g/mol. The molecule has 1 fully saturated rings. The summed E-state index contributed by atoms with van der Waals surface area (Å²) in [5, 5.41) is 0. The lowest BCUT2D eigenvalue weighted by Gasteiger charge is -2.36. The maximum Gasteiger partial charge on any atom is 0.416 e. The van der Waals surface area contributed by atoms with Crippen LogP contribution >= 0.6 is 18.0 Å². The molecule has 1 saturated carbocycles. The van der Waals surface area contributed by atoms with Crippen LogP contribution in [0.3, 0.4) is 0 Å². The number of carbonyl (C=O) groups is 2. The lowest BCUT2D eigenvalue weighted by Crippen LogP contribution is -2.37. The predicted octanol–water partition coefficient (Wildman–Crippen LogP) is 6.32. The molecular formula is C20H39N2O4PS. The van der Waals surface area contributed by atoms with E-state index in [2.05, 4.69) is 13.8 Å². The van der Waals surface area contributed by atoms with Crippen LogP contribution in [0.5, 0.6) is 0 Å². The fourth-order valence-corrected chi connectivity index (χ4v) is 7.93. The maximum atomic E-state index is 13.9. The van der Waals surface area contributed by atoms with Gasteiger partial charge in [-0.05, 0) is 25.7 Å². The second kappa shape index (κ2) is 13.5. The molecule has 6 nitrogen and oxygen atoms in total. The Morgan fingerprint density at radius 2 is 1.57 bits per heavy atom. The molecule has 0 aromatic carbocycles. The second-order valence-corrected chi connectivity index (χ2v) is 12.6. The molecule has 0 aromatic rings. The van der Waals surface area contributed by atoms with E-state index in [1.807, 2.05) is 0 Å². The standard InChI is InChI=1S/C20H39N2O4PS/c1-5-7-12-16-26-20(24)22(4)27(25,28-17-13-8-6-2)21(3)19(23)18-14-10-9-11-15-18/h18H,5-17H2,1-4H3. The van der Waals surface area contributed by atoms with Crippen molar-refractivity contribution in [1.82, 2.24) is 9.34 Å². The first-order valence-corrected chi connectivity index (χ1v) is 14.0. The molecule has 1 aliphatic carbocycles. The molecule has 0 aromatic heterocycles. The van der Waals surface area contributed by atoms with Gasteiger partial charge in [0.15, 0.2) is 0 Å². The zero-order chi connectivity index (χ0) is 21.0. The van der Waals surface area contributed by atoms with Crippen molar-refractivity contribution in [3.8, 4) is 0 Å². The molecule has 2 amide bonds. The summed E-state index contributed by atoms with van der Waals surface area (Å²) in [5.41, 5.74) is 0. The van der Waals surface area contributed by atoms with Gasteiger partial charge in [-0.2, -0.15) is 0 Å². The normalized spacial score (nSPS) is 17.0. The van der Waals surface area contributed by atoms with E-state index in [4.69, 9.17) is 4.74 Å². The molecule has 1 atom stereocenters. The van der Waals surface area contributed by atoms with E-state index >= 15 is 0 Å². The smallest absolute Gasteiger partial charge is 0.416 e. The second-order valence-electron chi connectivity index (χ2n) is 7.57. The van der Waals surface area contributed by atoms with E-state index in [-0.39, 0.29) is 11.8 Å². The van der Waals surface area contributed by atoms with Crippen molar-refractivity contribution in [3.05, 3.63) is 0 Å². The van der Waals surface area contributed by atoms with E-state index in [1.165, 1.54) is 27.8 Å². The van der Waals surface area contributed by atoms with Gasteiger partial charge in [0.2, 0.25) is 5.91 Å². The molecule has 0 N–H and O–H groups in total. The van der Waals surface area contributed by atoms with Gasteiger partial charge in [-0.1, -0.05) is 70.2 Å². The number of nitrogens with zero attached hydrogens (tertiary/aromatic N) is 2. The minimum atomic E-state index is -3.42. The fraction of sp³-hybridized carbons (Fsp3) is 0.900. The molecule has 0 bridgehead atoms. The number of amides is 2. The van der Waals surface area contributed by atoms with Crippen LogP contribution < -0.4 is 0 Å². The molecule has 0 saturated heterocycles. The quantitative estimate of drug-likeness (QED) is 0.266. The first-order chi connectivity index (χ1) is 13.4. The van der Waals surface area contributed by atoms with Crippen molar-refractivity contribution < 1.29 is 18.9 Å². The molecule has 164 valence electrons. The molecule has 0 radical (unpaired) electrons. The summed E-state index contributed by atoms with van der Waals surface area (Å²) in [6.45, 7) is 1.10. The van der Waals surface area contributed by atoms with Crippen molar-refractivity contribution in [2.45, 2.75) is 84.5 Å². The van der Waals surface area contributed by atoms with Crippen LogP contribution in [0.15, 0.2) is 0 Å². The zero-order valence-corrected chi connectivity index (χ0v) is 19.9. The Hall–Kier alpha value is -0.680. The third kappa shape index (κ3) is 7.62. The Bertz CT molecular complexity index is 526. The van der Waals surface area contributed by atoms with Crippen molar-refractivity contribution in [3.63, 3.8) is 0 Å². The molecule has 0 spiro atoms. The van der Waals surface area contributed by atoms with Gasteiger partial charge in [-0.25, -0.2) is 9.46 Å². The average Bonchev–Trinajstić information content (AvgIpc) is 2.73. The SMILES string of the molecule is CCCCCOC(=O)N(C)P(=O)(SCCCCC)N(C)C(=O)C1CCCCC1. The van der Waals surface area contributed by atoms with Crippen molar-refractivity contribution in [1.29, 1.82) is 0 Å². The Labute approximate surface area is 175 Å². The minimum absolute atomic E-state index is 0.0858. The Balaban J connectivity index is 2.85. The van der Waals surface area contributed by atoms with E-state index in [0.717, 1.165) is 70.6 Å². The number of carbonyl (C=O) groups excluding carboxylic acids is 2. The first kappa shape index (κ1) is 25.4. The van der Waals surface area contributed by atoms with Gasteiger partial charge in [0.25, 0.3) is 0 Å². The highest BCUT2D eigenvalue weighted by atomic mass is 32.7. The summed E-state index contributed by atoms with van der Waals surface area (Å²) < 4.78 is 21.7. The van der Waals surface area contributed by atoms with Crippen molar-refractivity contribution >= 4 is 30.0 Å². The first-order valence-electron chi connectivity index (χ1n) is 10.8. The lowest BCUT2D eigenvalue weighted by molar-refractivity contribution is -0.130. The van der Waals surface area contributed by atoms with Crippen LogP contribution in [0.25, 0.3) is 0 Å². The lowest BCUT2D eigenvalue weighted by atomic mass is 9.89. The summed E-state index contributed by atoms with van der Waals surface area (Å²) in [6.07, 6.45) is 10.1. The number of hydrogen-bond donors (Lipinski definition) is 0. The fourth-order valence-electron chi connectivity index (χ4n) is 3.36. The summed E-state index contributed by atoms with van der Waals surface area (Å²) in [4.78, 5) is 25.5. The summed E-state index contributed by atoms with van der Waals surface area (Å²) in [7, 11) is 3.09. The molecular weight excluding hydrogens is 395 g/mol. The van der Waals surface area contributed by atoms with E-state index in [0.29, 0.717) is 12.4 Å². The molecule has 8 heteroatoms. The predicted molar refractivity (Wildman–Crippen MR) is 118 cm³/mol. The Morgan fingerprint density at radius 3 is 2.18 bits per heavy atom. The molecule has 0 aliphatic heterocycles. The van der Waals surface area contributed by atoms with Gasteiger partial charge < -0.3 is 4.74 Å². The third-order valence-corrected chi connectivity index (χ3v) is 11.0.